The van der Waals surface area contributed by atoms with E-state index in [2.05, 4.69) is 30.4 Å². The molecule has 0 aliphatic heterocycles. The molecule has 0 spiro atoms. The molecule has 0 saturated heterocycles. The number of aromatic nitrogens is 4. The first-order valence-electron chi connectivity index (χ1n) is 7.95. The van der Waals surface area contributed by atoms with Gasteiger partial charge in [0.15, 0.2) is 5.82 Å². The third-order valence-electron chi connectivity index (χ3n) is 3.86. The van der Waals surface area contributed by atoms with Gasteiger partial charge < -0.3 is 10.2 Å². The van der Waals surface area contributed by atoms with Crippen molar-refractivity contribution in [3.8, 4) is 0 Å². The average molecular weight is 355 g/mol. The molecule has 2 aromatic heterocycles. The van der Waals surface area contributed by atoms with Crippen molar-refractivity contribution in [2.75, 3.05) is 23.8 Å². The molecule has 0 unspecified atom stereocenters. The molecule has 1 N–H and O–H groups in total. The zero-order chi connectivity index (χ0) is 17.6. The fourth-order valence-corrected chi connectivity index (χ4v) is 2.61. The number of aryl methyl sites for hydroxylation is 1. The largest absolute Gasteiger partial charge is 0.358 e. The summed E-state index contributed by atoms with van der Waals surface area (Å²) in [5.74, 6) is 1.22. The number of likely N-dealkylation sites (N-methyl/N-ethyl adjacent to an activating group) is 1. The molecule has 7 heteroatoms. The van der Waals surface area contributed by atoms with Crippen LogP contribution in [-0.4, -0.2) is 33.8 Å². The first-order chi connectivity index (χ1) is 12.1. The number of nitrogens with one attached hydrogen (secondary N) is 1. The van der Waals surface area contributed by atoms with Crippen molar-refractivity contribution >= 4 is 29.1 Å². The maximum absolute atomic E-state index is 5.99. The van der Waals surface area contributed by atoms with E-state index in [1.165, 1.54) is 5.56 Å². The van der Waals surface area contributed by atoms with Crippen molar-refractivity contribution in [3.63, 3.8) is 0 Å². The third kappa shape index (κ3) is 4.64. The Morgan fingerprint density at radius 3 is 2.72 bits per heavy atom. The molecular formula is C18H19ClN6. The zero-order valence-electron chi connectivity index (χ0n) is 14.1. The first-order valence-corrected chi connectivity index (χ1v) is 8.32. The Kier molecular flexibility index (Phi) is 5.40. The summed E-state index contributed by atoms with van der Waals surface area (Å²) in [5.41, 5.74) is 3.16. The third-order valence-corrected chi connectivity index (χ3v) is 4.09. The normalized spacial score (nSPS) is 10.5. The second kappa shape index (κ2) is 7.90. The molecule has 25 heavy (non-hydrogen) atoms. The van der Waals surface area contributed by atoms with Gasteiger partial charge >= 0.3 is 0 Å². The van der Waals surface area contributed by atoms with Gasteiger partial charge in [0.05, 0.1) is 6.20 Å². The van der Waals surface area contributed by atoms with Crippen molar-refractivity contribution < 1.29 is 0 Å². The highest BCUT2D eigenvalue weighted by molar-refractivity contribution is 6.30. The summed E-state index contributed by atoms with van der Waals surface area (Å²) in [7, 11) is 1.99. The van der Waals surface area contributed by atoms with Gasteiger partial charge in [0.25, 0.3) is 0 Å². The van der Waals surface area contributed by atoms with Gasteiger partial charge in [-0.2, -0.15) is 10.1 Å². The molecule has 0 aliphatic carbocycles. The molecule has 128 valence electrons. The first kappa shape index (κ1) is 17.1. The van der Waals surface area contributed by atoms with Crippen LogP contribution in [0, 0.1) is 6.92 Å². The lowest BCUT2D eigenvalue weighted by molar-refractivity contribution is 0.840. The highest BCUT2D eigenvalue weighted by atomic mass is 35.5. The predicted molar refractivity (Wildman–Crippen MR) is 101 cm³/mol. The van der Waals surface area contributed by atoms with E-state index in [0.29, 0.717) is 11.0 Å². The van der Waals surface area contributed by atoms with Crippen LogP contribution in [0.4, 0.5) is 17.5 Å². The van der Waals surface area contributed by atoms with Crippen molar-refractivity contribution in [2.24, 2.45) is 0 Å². The lowest BCUT2D eigenvalue weighted by Crippen LogP contribution is -2.22. The fraction of sp³-hybridized carbons (Fsp3) is 0.222. The molecule has 0 fully saturated rings. The molecule has 0 aliphatic rings. The molecule has 3 rings (SSSR count). The van der Waals surface area contributed by atoms with E-state index in [-0.39, 0.29) is 0 Å². The SMILES string of the molecule is Cc1cc(Cl)ccc1Nc1nncc(N(C)CCc2ccncc2)n1. The summed E-state index contributed by atoms with van der Waals surface area (Å²) >= 11 is 5.99. The van der Waals surface area contributed by atoms with E-state index in [9.17, 15) is 0 Å². The van der Waals surface area contributed by atoms with E-state index in [1.807, 2.05) is 44.3 Å². The summed E-state index contributed by atoms with van der Waals surface area (Å²) in [6, 6.07) is 9.66. The van der Waals surface area contributed by atoms with E-state index in [0.717, 1.165) is 30.0 Å². The van der Waals surface area contributed by atoms with Gasteiger partial charge in [0.2, 0.25) is 5.95 Å². The van der Waals surface area contributed by atoms with Crippen molar-refractivity contribution in [3.05, 3.63) is 65.1 Å². The summed E-state index contributed by atoms with van der Waals surface area (Å²) in [4.78, 5) is 10.6. The quantitative estimate of drug-likeness (QED) is 0.728. The van der Waals surface area contributed by atoms with Crippen LogP contribution < -0.4 is 10.2 Å². The van der Waals surface area contributed by atoms with Gasteiger partial charge in [0, 0.05) is 36.7 Å². The van der Waals surface area contributed by atoms with Gasteiger partial charge in [0.1, 0.15) is 0 Å². The highest BCUT2D eigenvalue weighted by Gasteiger charge is 2.08. The topological polar surface area (TPSA) is 66.8 Å². The van der Waals surface area contributed by atoms with Crippen LogP contribution in [0.15, 0.2) is 48.9 Å². The van der Waals surface area contributed by atoms with Gasteiger partial charge in [-0.1, -0.05) is 11.6 Å². The summed E-state index contributed by atoms with van der Waals surface area (Å²) in [6.45, 7) is 2.80. The molecular weight excluding hydrogens is 336 g/mol. The monoisotopic (exact) mass is 354 g/mol. The summed E-state index contributed by atoms with van der Waals surface area (Å²) < 4.78 is 0. The molecule has 0 atom stereocenters. The van der Waals surface area contributed by atoms with Crippen molar-refractivity contribution in [1.82, 2.24) is 20.2 Å². The Morgan fingerprint density at radius 1 is 1.16 bits per heavy atom. The molecule has 3 aromatic rings. The second-order valence-electron chi connectivity index (χ2n) is 5.75. The standard InChI is InChI=1S/C18H19ClN6/c1-13-11-15(19)3-4-16(13)22-18-23-17(12-21-24-18)25(2)10-7-14-5-8-20-9-6-14/h3-6,8-9,11-12H,7,10H2,1-2H3,(H,22,23,24). The fourth-order valence-electron chi connectivity index (χ4n) is 2.38. The van der Waals surface area contributed by atoms with Crippen LogP contribution in [0.1, 0.15) is 11.1 Å². The number of rotatable bonds is 6. The number of hydrogen-bond donors (Lipinski definition) is 1. The van der Waals surface area contributed by atoms with Crippen LogP contribution in [0.3, 0.4) is 0 Å². The van der Waals surface area contributed by atoms with E-state index < -0.39 is 0 Å². The van der Waals surface area contributed by atoms with Gasteiger partial charge in [-0.25, -0.2) is 0 Å². The number of anilines is 3. The van der Waals surface area contributed by atoms with Crippen molar-refractivity contribution in [1.29, 1.82) is 0 Å². The Labute approximate surface area is 151 Å². The van der Waals surface area contributed by atoms with E-state index in [1.54, 1.807) is 18.6 Å². The molecule has 0 saturated carbocycles. The lowest BCUT2D eigenvalue weighted by atomic mass is 10.2. The maximum atomic E-state index is 5.99. The van der Waals surface area contributed by atoms with Crippen LogP contribution in [0.25, 0.3) is 0 Å². The minimum atomic E-state index is 0.457. The van der Waals surface area contributed by atoms with Crippen LogP contribution >= 0.6 is 11.6 Å². The number of halogens is 1. The van der Waals surface area contributed by atoms with Crippen LogP contribution in [0.5, 0.6) is 0 Å². The summed E-state index contributed by atoms with van der Waals surface area (Å²) in [6.07, 6.45) is 6.17. The smallest absolute Gasteiger partial charge is 0.249 e. The van der Waals surface area contributed by atoms with Gasteiger partial charge in [-0.05, 0) is 54.8 Å². The highest BCUT2D eigenvalue weighted by Crippen LogP contribution is 2.22. The van der Waals surface area contributed by atoms with Crippen molar-refractivity contribution in [2.45, 2.75) is 13.3 Å². The van der Waals surface area contributed by atoms with Crippen LogP contribution in [-0.2, 0) is 6.42 Å². The van der Waals surface area contributed by atoms with E-state index in [4.69, 9.17) is 11.6 Å². The van der Waals surface area contributed by atoms with E-state index >= 15 is 0 Å². The Balaban J connectivity index is 1.68. The number of benzene rings is 1. The molecule has 2 heterocycles. The minimum absolute atomic E-state index is 0.457. The maximum Gasteiger partial charge on any atom is 0.249 e. The average Bonchev–Trinajstić information content (AvgIpc) is 2.63. The van der Waals surface area contributed by atoms with Gasteiger partial charge in [-0.3, -0.25) is 4.98 Å². The van der Waals surface area contributed by atoms with Gasteiger partial charge in [-0.15, -0.1) is 5.10 Å². The second-order valence-corrected chi connectivity index (χ2v) is 6.19. The molecule has 1 aromatic carbocycles. The summed E-state index contributed by atoms with van der Waals surface area (Å²) in [5, 5.41) is 12.0. The van der Waals surface area contributed by atoms with Crippen LogP contribution in [0.2, 0.25) is 5.02 Å². The number of nitrogens with zero attached hydrogens (tertiary/aromatic N) is 5. The minimum Gasteiger partial charge on any atom is -0.358 e. The predicted octanol–water partition coefficient (Wildman–Crippen LogP) is 3.65. The number of hydrogen-bond acceptors (Lipinski definition) is 6. The molecule has 0 amide bonds. The molecule has 0 radical (unpaired) electrons. The lowest BCUT2D eigenvalue weighted by Gasteiger charge is -2.18. The Morgan fingerprint density at radius 2 is 1.96 bits per heavy atom. The zero-order valence-corrected chi connectivity index (χ0v) is 14.9. The molecule has 0 bridgehead atoms. The Hall–Kier alpha value is -2.73. The Bertz CT molecular complexity index is 840. The number of pyridine rings is 1. The molecule has 6 nitrogen and oxygen atoms in total.